The molecule has 0 aliphatic carbocycles. The van der Waals surface area contributed by atoms with Crippen LogP contribution < -0.4 is 24.8 Å². The lowest BCUT2D eigenvalue weighted by molar-refractivity contribution is -0.0504. The largest absolute Gasteiger partial charge is 0.493 e. The van der Waals surface area contributed by atoms with Crippen LogP contribution >= 0.6 is 0 Å². The Morgan fingerprint density at radius 3 is 2.33 bits per heavy atom. The summed E-state index contributed by atoms with van der Waals surface area (Å²) in [5, 5.41) is 6.42. The van der Waals surface area contributed by atoms with E-state index in [1.54, 1.807) is 39.5 Å². The Morgan fingerprint density at radius 1 is 1.00 bits per heavy atom. The number of hydrogen-bond donors (Lipinski definition) is 2. The predicted octanol–water partition coefficient (Wildman–Crippen LogP) is 3.95. The van der Waals surface area contributed by atoms with Gasteiger partial charge in [0, 0.05) is 31.1 Å². The van der Waals surface area contributed by atoms with E-state index in [4.69, 9.17) is 9.47 Å². The third-order valence-corrected chi connectivity index (χ3v) is 4.72. The van der Waals surface area contributed by atoms with Gasteiger partial charge in [-0.25, -0.2) is 0 Å². The second kappa shape index (κ2) is 10.7. The molecule has 0 unspecified atom stereocenters. The summed E-state index contributed by atoms with van der Waals surface area (Å²) in [7, 11) is 4.86. The van der Waals surface area contributed by atoms with Crippen LogP contribution in [0.2, 0.25) is 0 Å². The quantitative estimate of drug-likeness (QED) is 0.474. The van der Waals surface area contributed by atoms with Crippen LogP contribution in [0, 0.1) is 0 Å². The number of para-hydroxylation sites is 1. The lowest BCUT2D eigenvalue weighted by Gasteiger charge is -2.27. The Bertz CT molecular complexity index is 857. The second-order valence-corrected chi connectivity index (χ2v) is 7.22. The summed E-state index contributed by atoms with van der Waals surface area (Å²) in [6.07, 6.45) is 0. The number of halogens is 2. The van der Waals surface area contributed by atoms with E-state index in [1.165, 1.54) is 6.07 Å². The van der Waals surface area contributed by atoms with Crippen LogP contribution in [0.1, 0.15) is 25.0 Å². The Labute approximate surface area is 176 Å². The van der Waals surface area contributed by atoms with Crippen LogP contribution in [0.5, 0.6) is 17.2 Å². The maximum Gasteiger partial charge on any atom is 0.387 e. The van der Waals surface area contributed by atoms with Gasteiger partial charge in [-0.15, -0.1) is 0 Å². The maximum atomic E-state index is 12.6. The van der Waals surface area contributed by atoms with Gasteiger partial charge in [0.05, 0.1) is 14.2 Å². The zero-order valence-electron chi connectivity index (χ0n) is 18.0. The summed E-state index contributed by atoms with van der Waals surface area (Å²) in [6.45, 7) is 2.20. The van der Waals surface area contributed by atoms with Crippen molar-refractivity contribution >= 4 is 5.96 Å². The van der Waals surface area contributed by atoms with Crippen molar-refractivity contribution in [3.63, 3.8) is 0 Å². The smallest absolute Gasteiger partial charge is 0.387 e. The molecule has 0 bridgehead atoms. The molecule has 0 spiro atoms. The van der Waals surface area contributed by atoms with Crippen molar-refractivity contribution in [3.8, 4) is 17.2 Å². The number of benzene rings is 2. The van der Waals surface area contributed by atoms with Crippen LogP contribution in [-0.2, 0) is 12.0 Å². The first-order valence-electron chi connectivity index (χ1n) is 9.50. The number of aliphatic imine (C=N–C) groups is 1. The van der Waals surface area contributed by atoms with E-state index in [-0.39, 0.29) is 11.2 Å². The highest BCUT2D eigenvalue weighted by molar-refractivity contribution is 5.79. The Balaban J connectivity index is 2.02. The molecule has 0 saturated carbocycles. The van der Waals surface area contributed by atoms with E-state index in [9.17, 15) is 8.78 Å². The van der Waals surface area contributed by atoms with Gasteiger partial charge in [-0.3, -0.25) is 4.99 Å². The van der Waals surface area contributed by atoms with Gasteiger partial charge in [-0.05, 0) is 23.8 Å². The molecule has 2 N–H and O–H groups in total. The monoisotopic (exact) mass is 421 g/mol. The summed E-state index contributed by atoms with van der Waals surface area (Å²) in [5.74, 6) is 2.03. The van der Waals surface area contributed by atoms with Gasteiger partial charge in [0.1, 0.15) is 5.75 Å². The van der Waals surface area contributed by atoms with Gasteiger partial charge in [0.2, 0.25) is 0 Å². The van der Waals surface area contributed by atoms with E-state index in [0.29, 0.717) is 36.1 Å². The molecule has 0 aromatic heterocycles. The highest BCUT2D eigenvalue weighted by atomic mass is 19.3. The van der Waals surface area contributed by atoms with Gasteiger partial charge < -0.3 is 24.8 Å². The molecule has 0 amide bonds. The first-order chi connectivity index (χ1) is 14.3. The number of methoxy groups -OCH3 is 2. The molecule has 30 heavy (non-hydrogen) atoms. The molecule has 8 heteroatoms. The average molecular weight is 421 g/mol. The maximum absolute atomic E-state index is 12.6. The molecule has 0 saturated heterocycles. The van der Waals surface area contributed by atoms with E-state index >= 15 is 0 Å². The van der Waals surface area contributed by atoms with Crippen molar-refractivity contribution in [2.45, 2.75) is 32.4 Å². The van der Waals surface area contributed by atoms with Crippen LogP contribution in [0.25, 0.3) is 0 Å². The van der Waals surface area contributed by atoms with Gasteiger partial charge in [0.25, 0.3) is 0 Å². The highest BCUT2D eigenvalue weighted by Gasteiger charge is 2.23. The first kappa shape index (κ1) is 23.3. The Morgan fingerprint density at radius 2 is 1.70 bits per heavy atom. The van der Waals surface area contributed by atoms with Crippen molar-refractivity contribution in [3.05, 3.63) is 53.6 Å². The zero-order valence-corrected chi connectivity index (χ0v) is 18.0. The first-order valence-corrected chi connectivity index (χ1v) is 9.50. The second-order valence-electron chi connectivity index (χ2n) is 7.22. The molecule has 0 aliphatic heterocycles. The lowest BCUT2D eigenvalue weighted by atomic mass is 9.84. The van der Waals surface area contributed by atoms with Crippen molar-refractivity contribution in [2.75, 3.05) is 27.8 Å². The lowest BCUT2D eigenvalue weighted by Crippen LogP contribution is -2.43. The van der Waals surface area contributed by atoms with Gasteiger partial charge in [-0.1, -0.05) is 38.1 Å². The summed E-state index contributed by atoms with van der Waals surface area (Å²) in [6, 6.07) is 12.5. The molecule has 2 rings (SSSR count). The minimum atomic E-state index is -2.87. The van der Waals surface area contributed by atoms with Crippen LogP contribution in [-0.4, -0.2) is 40.4 Å². The highest BCUT2D eigenvalue weighted by Crippen LogP contribution is 2.32. The van der Waals surface area contributed by atoms with Crippen LogP contribution in [0.3, 0.4) is 0 Å². The van der Waals surface area contributed by atoms with Gasteiger partial charge in [-0.2, -0.15) is 8.78 Å². The van der Waals surface area contributed by atoms with Crippen molar-refractivity contribution in [1.29, 1.82) is 0 Å². The van der Waals surface area contributed by atoms with E-state index in [1.807, 2.05) is 18.2 Å². The number of guanidine groups is 1. The Hall–Kier alpha value is -3.03. The molecule has 6 nitrogen and oxygen atoms in total. The zero-order chi connectivity index (χ0) is 22.1. The molecule has 2 aromatic carbocycles. The fourth-order valence-electron chi connectivity index (χ4n) is 2.92. The molecular weight excluding hydrogens is 392 g/mol. The standard InChI is InChI=1S/C22H29F2N3O3/c1-22(2,16-10-11-18(28-4)19(12-16)29-5)14-27-21(25-3)26-13-15-8-6-7-9-17(15)30-20(23)24/h6-12,20H,13-14H2,1-5H3,(H2,25,26,27). The molecular formula is C22H29F2N3O3. The predicted molar refractivity (Wildman–Crippen MR) is 114 cm³/mol. The van der Waals surface area contributed by atoms with Gasteiger partial charge in [0.15, 0.2) is 17.5 Å². The van der Waals surface area contributed by atoms with Gasteiger partial charge >= 0.3 is 6.61 Å². The van der Waals surface area contributed by atoms with E-state index in [2.05, 4.69) is 34.2 Å². The summed E-state index contributed by atoms with van der Waals surface area (Å²) in [4.78, 5) is 4.21. The molecule has 0 atom stereocenters. The number of alkyl halides is 2. The summed E-state index contributed by atoms with van der Waals surface area (Å²) < 4.78 is 40.4. The number of nitrogens with zero attached hydrogens (tertiary/aromatic N) is 1. The normalized spacial score (nSPS) is 11.9. The topological polar surface area (TPSA) is 64.1 Å². The SMILES string of the molecule is CN=C(NCc1ccccc1OC(F)F)NCC(C)(C)c1ccc(OC)c(OC)c1. The summed E-state index contributed by atoms with van der Waals surface area (Å²) >= 11 is 0. The third kappa shape index (κ3) is 6.23. The molecule has 2 aromatic rings. The fourth-order valence-corrected chi connectivity index (χ4v) is 2.92. The number of rotatable bonds is 9. The van der Waals surface area contributed by atoms with Crippen molar-refractivity contribution < 1.29 is 23.0 Å². The fraction of sp³-hybridized carbons (Fsp3) is 0.409. The molecule has 0 heterocycles. The number of nitrogens with one attached hydrogen (secondary N) is 2. The molecule has 164 valence electrons. The minimum absolute atomic E-state index is 0.140. The van der Waals surface area contributed by atoms with Crippen molar-refractivity contribution in [2.24, 2.45) is 4.99 Å². The molecule has 0 fully saturated rings. The van der Waals surface area contributed by atoms with Crippen LogP contribution in [0.15, 0.2) is 47.5 Å². The van der Waals surface area contributed by atoms with E-state index < -0.39 is 6.61 Å². The molecule has 0 radical (unpaired) electrons. The van der Waals surface area contributed by atoms with Crippen molar-refractivity contribution in [1.82, 2.24) is 10.6 Å². The number of ether oxygens (including phenoxy) is 3. The third-order valence-electron chi connectivity index (χ3n) is 4.72. The Kier molecular flexibility index (Phi) is 8.26. The molecule has 0 aliphatic rings. The van der Waals surface area contributed by atoms with Crippen LogP contribution in [0.4, 0.5) is 8.78 Å². The van der Waals surface area contributed by atoms with E-state index in [0.717, 1.165) is 5.56 Å². The number of hydrogen-bond acceptors (Lipinski definition) is 4. The summed E-state index contributed by atoms with van der Waals surface area (Å²) in [5.41, 5.74) is 1.44. The minimum Gasteiger partial charge on any atom is -0.493 e. The average Bonchev–Trinajstić information content (AvgIpc) is 2.73.